The molecule has 0 bridgehead atoms. The zero-order valence-electron chi connectivity index (χ0n) is 12.4. The van der Waals surface area contributed by atoms with E-state index in [-0.39, 0.29) is 17.6 Å². The summed E-state index contributed by atoms with van der Waals surface area (Å²) in [6, 6.07) is 4.51. The standard InChI is InChI=1S/C16H23FN2O2/c1-2-21-15-8-7-13(9-14(15)17)19-16(20)12-5-3-11(10-18)4-6-12/h7-9,11-12H,2-6,10,18H2,1H3,(H,19,20). The predicted molar refractivity (Wildman–Crippen MR) is 80.7 cm³/mol. The van der Waals surface area contributed by atoms with E-state index in [0.717, 1.165) is 25.7 Å². The smallest absolute Gasteiger partial charge is 0.227 e. The van der Waals surface area contributed by atoms with Gasteiger partial charge in [0.2, 0.25) is 5.91 Å². The van der Waals surface area contributed by atoms with Crippen LogP contribution in [0.15, 0.2) is 18.2 Å². The van der Waals surface area contributed by atoms with Gasteiger partial charge in [-0.2, -0.15) is 0 Å². The topological polar surface area (TPSA) is 64.3 Å². The quantitative estimate of drug-likeness (QED) is 0.877. The van der Waals surface area contributed by atoms with Crippen molar-refractivity contribution in [2.45, 2.75) is 32.6 Å². The molecule has 0 unspecified atom stereocenters. The maximum atomic E-state index is 13.7. The zero-order chi connectivity index (χ0) is 15.2. The molecule has 21 heavy (non-hydrogen) atoms. The molecule has 5 heteroatoms. The van der Waals surface area contributed by atoms with Gasteiger partial charge in [0.15, 0.2) is 11.6 Å². The molecule has 4 nitrogen and oxygen atoms in total. The molecule has 1 amide bonds. The number of carbonyl (C=O) groups excluding carboxylic acids is 1. The first-order valence-electron chi connectivity index (χ1n) is 7.57. The Morgan fingerprint density at radius 1 is 1.38 bits per heavy atom. The molecule has 1 aliphatic rings. The Bertz CT molecular complexity index is 485. The molecule has 2 rings (SSSR count). The fraction of sp³-hybridized carbons (Fsp3) is 0.562. The summed E-state index contributed by atoms with van der Waals surface area (Å²) in [4.78, 5) is 12.2. The van der Waals surface area contributed by atoms with Gasteiger partial charge in [0.25, 0.3) is 0 Å². The van der Waals surface area contributed by atoms with E-state index in [2.05, 4.69) is 5.32 Å². The van der Waals surface area contributed by atoms with Crippen LogP contribution in [0.2, 0.25) is 0 Å². The molecule has 1 saturated carbocycles. The average Bonchev–Trinajstić information content (AvgIpc) is 2.50. The van der Waals surface area contributed by atoms with E-state index in [1.807, 2.05) is 0 Å². The van der Waals surface area contributed by atoms with E-state index < -0.39 is 5.82 Å². The molecule has 116 valence electrons. The van der Waals surface area contributed by atoms with Crippen molar-refractivity contribution >= 4 is 11.6 Å². The van der Waals surface area contributed by atoms with Crippen LogP contribution in [0.3, 0.4) is 0 Å². The van der Waals surface area contributed by atoms with E-state index in [4.69, 9.17) is 10.5 Å². The minimum Gasteiger partial charge on any atom is -0.491 e. The van der Waals surface area contributed by atoms with Crippen LogP contribution in [-0.2, 0) is 4.79 Å². The number of ether oxygens (including phenoxy) is 1. The number of benzene rings is 1. The van der Waals surface area contributed by atoms with Gasteiger partial charge in [-0.1, -0.05) is 0 Å². The van der Waals surface area contributed by atoms with E-state index in [9.17, 15) is 9.18 Å². The van der Waals surface area contributed by atoms with Gasteiger partial charge in [-0.05, 0) is 57.2 Å². The van der Waals surface area contributed by atoms with Crippen LogP contribution in [0, 0.1) is 17.7 Å². The molecule has 0 heterocycles. The Labute approximate surface area is 124 Å². The lowest BCUT2D eigenvalue weighted by molar-refractivity contribution is -0.121. The van der Waals surface area contributed by atoms with Gasteiger partial charge in [-0.15, -0.1) is 0 Å². The molecule has 1 aromatic carbocycles. The third kappa shape index (κ3) is 4.17. The largest absolute Gasteiger partial charge is 0.491 e. The molecule has 3 N–H and O–H groups in total. The highest BCUT2D eigenvalue weighted by Crippen LogP contribution is 2.29. The summed E-state index contributed by atoms with van der Waals surface area (Å²) in [7, 11) is 0. The van der Waals surface area contributed by atoms with Crippen LogP contribution in [0.4, 0.5) is 10.1 Å². The van der Waals surface area contributed by atoms with Crippen molar-refractivity contribution in [1.29, 1.82) is 0 Å². The van der Waals surface area contributed by atoms with Crippen molar-refractivity contribution in [1.82, 2.24) is 0 Å². The first kappa shape index (κ1) is 15.8. The van der Waals surface area contributed by atoms with Crippen molar-refractivity contribution in [3.8, 4) is 5.75 Å². The number of rotatable bonds is 5. The summed E-state index contributed by atoms with van der Waals surface area (Å²) in [5.74, 6) is 0.258. The van der Waals surface area contributed by atoms with Crippen molar-refractivity contribution in [2.75, 3.05) is 18.5 Å². The van der Waals surface area contributed by atoms with E-state index in [1.165, 1.54) is 6.07 Å². The maximum absolute atomic E-state index is 13.7. The number of amides is 1. The molecule has 0 spiro atoms. The third-order valence-electron chi connectivity index (χ3n) is 4.05. The lowest BCUT2D eigenvalue weighted by atomic mass is 9.81. The second-order valence-corrected chi connectivity index (χ2v) is 5.52. The molecule has 0 aliphatic heterocycles. The summed E-state index contributed by atoms with van der Waals surface area (Å²) >= 11 is 0. The molecule has 0 aromatic heterocycles. The van der Waals surface area contributed by atoms with Gasteiger partial charge in [0.05, 0.1) is 6.61 Å². The number of hydrogen-bond donors (Lipinski definition) is 2. The molecule has 1 aliphatic carbocycles. The molecule has 0 radical (unpaired) electrons. The van der Waals surface area contributed by atoms with Crippen LogP contribution in [-0.4, -0.2) is 19.1 Å². The SMILES string of the molecule is CCOc1ccc(NC(=O)C2CCC(CN)CC2)cc1F. The van der Waals surface area contributed by atoms with Crippen LogP contribution < -0.4 is 15.8 Å². The molecular weight excluding hydrogens is 271 g/mol. The highest BCUT2D eigenvalue weighted by Gasteiger charge is 2.25. The molecule has 1 aromatic rings. The summed E-state index contributed by atoms with van der Waals surface area (Å²) in [5.41, 5.74) is 6.12. The van der Waals surface area contributed by atoms with Crippen LogP contribution >= 0.6 is 0 Å². The highest BCUT2D eigenvalue weighted by atomic mass is 19.1. The first-order chi connectivity index (χ1) is 10.1. The fourth-order valence-corrected chi connectivity index (χ4v) is 2.76. The van der Waals surface area contributed by atoms with Crippen LogP contribution in [0.5, 0.6) is 5.75 Å². The summed E-state index contributed by atoms with van der Waals surface area (Å²) in [6.45, 7) is 2.90. The van der Waals surface area contributed by atoms with Gasteiger partial charge in [0.1, 0.15) is 0 Å². The van der Waals surface area contributed by atoms with Gasteiger partial charge >= 0.3 is 0 Å². The van der Waals surface area contributed by atoms with Crippen molar-refractivity contribution in [2.24, 2.45) is 17.6 Å². The Morgan fingerprint density at radius 2 is 2.10 bits per heavy atom. The van der Waals surface area contributed by atoms with Crippen molar-refractivity contribution in [3.05, 3.63) is 24.0 Å². The summed E-state index contributed by atoms with van der Waals surface area (Å²) in [5, 5.41) is 2.79. The lowest BCUT2D eigenvalue weighted by Gasteiger charge is -2.26. The van der Waals surface area contributed by atoms with Gasteiger partial charge in [-0.3, -0.25) is 4.79 Å². The average molecular weight is 294 g/mol. The Balaban J connectivity index is 1.92. The van der Waals surface area contributed by atoms with Gasteiger partial charge in [0, 0.05) is 17.7 Å². The van der Waals surface area contributed by atoms with Crippen molar-refractivity contribution < 1.29 is 13.9 Å². The fourth-order valence-electron chi connectivity index (χ4n) is 2.76. The first-order valence-corrected chi connectivity index (χ1v) is 7.57. The highest BCUT2D eigenvalue weighted by molar-refractivity contribution is 5.92. The number of hydrogen-bond acceptors (Lipinski definition) is 3. The molecule has 0 saturated heterocycles. The monoisotopic (exact) mass is 294 g/mol. The normalized spacial score (nSPS) is 21.9. The molecule has 1 fully saturated rings. The lowest BCUT2D eigenvalue weighted by Crippen LogP contribution is -2.29. The number of nitrogens with two attached hydrogens (primary N) is 1. The van der Waals surface area contributed by atoms with E-state index >= 15 is 0 Å². The van der Waals surface area contributed by atoms with Crippen molar-refractivity contribution in [3.63, 3.8) is 0 Å². The Kier molecular flexibility index (Phi) is 5.56. The van der Waals surface area contributed by atoms with Gasteiger partial charge < -0.3 is 15.8 Å². The third-order valence-corrected chi connectivity index (χ3v) is 4.05. The minimum absolute atomic E-state index is 0.00225. The zero-order valence-corrected chi connectivity index (χ0v) is 12.4. The number of carbonyl (C=O) groups is 1. The number of anilines is 1. The maximum Gasteiger partial charge on any atom is 0.227 e. The summed E-state index contributed by atoms with van der Waals surface area (Å²) in [6.07, 6.45) is 3.69. The van der Waals surface area contributed by atoms with Crippen LogP contribution in [0.1, 0.15) is 32.6 Å². The van der Waals surface area contributed by atoms with E-state index in [1.54, 1.807) is 19.1 Å². The Hall–Kier alpha value is -1.62. The van der Waals surface area contributed by atoms with E-state index in [0.29, 0.717) is 24.8 Å². The molecule has 0 atom stereocenters. The second-order valence-electron chi connectivity index (χ2n) is 5.52. The molecular formula is C16H23FN2O2. The number of nitrogens with one attached hydrogen (secondary N) is 1. The van der Waals surface area contributed by atoms with Crippen LogP contribution in [0.25, 0.3) is 0 Å². The predicted octanol–water partition coefficient (Wildman–Crippen LogP) is 2.93. The minimum atomic E-state index is -0.457. The second kappa shape index (κ2) is 7.41. The van der Waals surface area contributed by atoms with Gasteiger partial charge in [-0.25, -0.2) is 4.39 Å². The Morgan fingerprint density at radius 3 is 2.67 bits per heavy atom. The summed E-state index contributed by atoms with van der Waals surface area (Å²) < 4.78 is 18.9. The number of halogens is 1.